The first kappa shape index (κ1) is 25.4. The van der Waals surface area contributed by atoms with Gasteiger partial charge in [0.1, 0.15) is 5.82 Å². The molecule has 1 saturated heterocycles. The zero-order chi connectivity index (χ0) is 25.0. The lowest BCUT2D eigenvalue weighted by Gasteiger charge is -2.33. The highest BCUT2D eigenvalue weighted by Crippen LogP contribution is 2.34. The molecule has 182 valence electrons. The number of nitriles is 1. The monoisotopic (exact) mass is 484 g/mol. The number of alkyl halides is 3. The Morgan fingerprint density at radius 2 is 1.76 bits per heavy atom. The largest absolute Gasteiger partial charge is 0.417 e. The van der Waals surface area contributed by atoms with Crippen LogP contribution in [0.4, 0.5) is 32.0 Å². The number of halogens is 6. The van der Waals surface area contributed by atoms with Crippen LogP contribution in [0.5, 0.6) is 0 Å². The third-order valence-electron chi connectivity index (χ3n) is 5.67. The summed E-state index contributed by atoms with van der Waals surface area (Å²) < 4.78 is 79.6. The third kappa shape index (κ3) is 6.20. The first-order valence-corrected chi connectivity index (χ1v) is 10.5. The highest BCUT2D eigenvalue weighted by molar-refractivity contribution is 5.77. The number of likely N-dealkylation sites (tertiary alicyclic amines) is 1. The molecular weight excluding hydrogens is 462 g/mol. The highest BCUT2D eigenvalue weighted by Gasteiger charge is 2.34. The van der Waals surface area contributed by atoms with Gasteiger partial charge in [-0.1, -0.05) is 0 Å². The minimum atomic E-state index is -4.65. The van der Waals surface area contributed by atoms with Crippen molar-refractivity contribution in [3.63, 3.8) is 0 Å². The molecule has 1 amide bonds. The van der Waals surface area contributed by atoms with Crippen molar-refractivity contribution in [2.75, 3.05) is 18.4 Å². The number of amides is 1. The lowest BCUT2D eigenvalue weighted by molar-refractivity contribution is -0.137. The number of carbonyl (C=O) groups excluding carboxylic acids is 1. The van der Waals surface area contributed by atoms with Gasteiger partial charge < -0.3 is 16.0 Å². The van der Waals surface area contributed by atoms with E-state index in [9.17, 15) is 31.1 Å². The van der Waals surface area contributed by atoms with Gasteiger partial charge in [0.25, 0.3) is 0 Å². The SMILES string of the molecule is N#Cc1ccc(NC2CCN(C(=O)CC(N)Cc3cc(F)c(F)cc3F)CC2)cc1C(F)(F)F. The molecule has 0 bridgehead atoms. The normalized spacial score (nSPS) is 15.6. The number of carbonyl (C=O) groups is 1. The molecule has 0 aromatic heterocycles. The molecule has 1 aliphatic rings. The summed E-state index contributed by atoms with van der Waals surface area (Å²) in [4.78, 5) is 14.1. The molecule has 5 nitrogen and oxygen atoms in total. The van der Waals surface area contributed by atoms with Crippen LogP contribution in [0.15, 0.2) is 30.3 Å². The zero-order valence-corrected chi connectivity index (χ0v) is 17.9. The maximum Gasteiger partial charge on any atom is 0.417 e. The molecule has 3 N–H and O–H groups in total. The number of hydrogen-bond donors (Lipinski definition) is 2. The van der Waals surface area contributed by atoms with E-state index < -0.39 is 40.8 Å². The van der Waals surface area contributed by atoms with E-state index in [0.29, 0.717) is 32.0 Å². The molecule has 1 unspecified atom stereocenters. The van der Waals surface area contributed by atoms with Crippen molar-refractivity contribution in [2.24, 2.45) is 5.73 Å². The summed E-state index contributed by atoms with van der Waals surface area (Å²) in [6, 6.07) is 5.12. The molecule has 0 spiro atoms. The number of nitrogens with one attached hydrogen (secondary N) is 1. The Morgan fingerprint density at radius 1 is 1.12 bits per heavy atom. The second kappa shape index (κ2) is 10.3. The Hall–Kier alpha value is -3.26. The Balaban J connectivity index is 1.52. The summed E-state index contributed by atoms with van der Waals surface area (Å²) >= 11 is 0. The van der Waals surface area contributed by atoms with Crippen LogP contribution in [0.1, 0.15) is 36.0 Å². The fourth-order valence-corrected chi connectivity index (χ4v) is 3.90. The Morgan fingerprint density at radius 3 is 2.38 bits per heavy atom. The van der Waals surface area contributed by atoms with Crippen molar-refractivity contribution >= 4 is 11.6 Å². The number of rotatable bonds is 6. The molecule has 1 fully saturated rings. The summed E-state index contributed by atoms with van der Waals surface area (Å²) in [6.07, 6.45) is -3.98. The highest BCUT2D eigenvalue weighted by atomic mass is 19.4. The first-order chi connectivity index (χ1) is 16.0. The molecule has 0 saturated carbocycles. The summed E-state index contributed by atoms with van der Waals surface area (Å²) in [7, 11) is 0. The van der Waals surface area contributed by atoms with Crippen LogP contribution in [-0.2, 0) is 17.4 Å². The van der Waals surface area contributed by atoms with Crippen LogP contribution >= 0.6 is 0 Å². The predicted octanol–water partition coefficient (Wildman–Crippen LogP) is 4.36. The number of hydrogen-bond acceptors (Lipinski definition) is 4. The molecule has 34 heavy (non-hydrogen) atoms. The summed E-state index contributed by atoms with van der Waals surface area (Å²) in [5, 5.41) is 11.9. The van der Waals surface area contributed by atoms with Crippen molar-refractivity contribution in [3.8, 4) is 6.07 Å². The lowest BCUT2D eigenvalue weighted by Crippen LogP contribution is -2.44. The van der Waals surface area contributed by atoms with Gasteiger partial charge in [-0.3, -0.25) is 4.79 Å². The number of benzene rings is 2. The number of anilines is 1. The van der Waals surface area contributed by atoms with Crippen LogP contribution in [-0.4, -0.2) is 36.0 Å². The molecule has 2 aromatic rings. The molecule has 1 aliphatic heterocycles. The first-order valence-electron chi connectivity index (χ1n) is 10.5. The summed E-state index contributed by atoms with van der Waals surface area (Å²) in [6.45, 7) is 0.677. The van der Waals surface area contributed by atoms with E-state index in [-0.39, 0.29) is 36.0 Å². The van der Waals surface area contributed by atoms with E-state index in [0.717, 1.165) is 18.2 Å². The topological polar surface area (TPSA) is 82.2 Å². The van der Waals surface area contributed by atoms with Gasteiger partial charge in [0.15, 0.2) is 11.6 Å². The fraction of sp³-hybridized carbons (Fsp3) is 0.391. The van der Waals surface area contributed by atoms with E-state index in [1.165, 1.54) is 12.1 Å². The van der Waals surface area contributed by atoms with Crippen LogP contribution in [0.2, 0.25) is 0 Å². The molecular formula is C23H22F6N4O. The number of nitrogens with two attached hydrogens (primary N) is 1. The average molecular weight is 484 g/mol. The van der Waals surface area contributed by atoms with E-state index in [1.54, 1.807) is 4.90 Å². The van der Waals surface area contributed by atoms with E-state index in [4.69, 9.17) is 11.0 Å². The van der Waals surface area contributed by atoms with Crippen LogP contribution < -0.4 is 11.1 Å². The molecule has 11 heteroatoms. The Kier molecular flexibility index (Phi) is 7.71. The van der Waals surface area contributed by atoms with E-state index >= 15 is 0 Å². The average Bonchev–Trinajstić information content (AvgIpc) is 2.77. The van der Waals surface area contributed by atoms with Crippen molar-refractivity contribution in [1.82, 2.24) is 4.90 Å². The lowest BCUT2D eigenvalue weighted by atomic mass is 10.0. The Labute approximate surface area is 192 Å². The molecule has 3 rings (SSSR count). The van der Waals surface area contributed by atoms with Crippen molar-refractivity contribution in [1.29, 1.82) is 5.26 Å². The molecule has 1 atom stereocenters. The number of nitrogens with zero attached hydrogens (tertiary/aromatic N) is 2. The maximum absolute atomic E-state index is 13.8. The zero-order valence-electron chi connectivity index (χ0n) is 17.9. The quantitative estimate of drug-likeness (QED) is 0.472. The van der Waals surface area contributed by atoms with Gasteiger partial charge in [-0.25, -0.2) is 13.2 Å². The van der Waals surface area contributed by atoms with Crippen LogP contribution in [0.3, 0.4) is 0 Å². The second-order valence-corrected chi connectivity index (χ2v) is 8.20. The maximum atomic E-state index is 13.8. The van der Waals surface area contributed by atoms with Gasteiger partial charge in [0.05, 0.1) is 17.2 Å². The van der Waals surface area contributed by atoms with Gasteiger partial charge in [-0.05, 0) is 49.1 Å². The van der Waals surface area contributed by atoms with Gasteiger partial charge >= 0.3 is 6.18 Å². The van der Waals surface area contributed by atoms with E-state index in [1.807, 2.05) is 0 Å². The van der Waals surface area contributed by atoms with Crippen molar-refractivity contribution in [3.05, 3.63) is 64.5 Å². The molecule has 0 radical (unpaired) electrons. The molecule has 2 aromatic carbocycles. The summed E-state index contributed by atoms with van der Waals surface area (Å²) in [5.74, 6) is -3.73. The van der Waals surface area contributed by atoms with Crippen LogP contribution in [0, 0.1) is 28.8 Å². The fourth-order valence-electron chi connectivity index (χ4n) is 3.90. The van der Waals surface area contributed by atoms with Gasteiger partial charge in [-0.2, -0.15) is 18.4 Å². The molecule has 1 heterocycles. The Bertz CT molecular complexity index is 1090. The minimum absolute atomic E-state index is 0.122. The van der Waals surface area contributed by atoms with Gasteiger partial charge in [-0.15, -0.1) is 0 Å². The second-order valence-electron chi connectivity index (χ2n) is 8.20. The van der Waals surface area contributed by atoms with Crippen molar-refractivity contribution in [2.45, 2.75) is 43.9 Å². The van der Waals surface area contributed by atoms with Gasteiger partial charge in [0, 0.05) is 43.3 Å². The van der Waals surface area contributed by atoms with E-state index in [2.05, 4.69) is 5.32 Å². The standard InChI is InChI=1S/C23H22F6N4O/c24-19-11-21(26)20(25)8-14(19)7-15(31)9-22(34)33-5-3-16(4-6-33)32-17-2-1-13(12-30)18(10-17)23(27,28)29/h1-2,8,10-11,15-16,32H,3-7,9,31H2. The molecule has 0 aliphatic carbocycles. The smallest absolute Gasteiger partial charge is 0.382 e. The van der Waals surface area contributed by atoms with Gasteiger partial charge in [0.2, 0.25) is 5.91 Å². The van der Waals surface area contributed by atoms with Crippen LogP contribution in [0.25, 0.3) is 0 Å². The third-order valence-corrected chi connectivity index (χ3v) is 5.67. The summed E-state index contributed by atoms with van der Waals surface area (Å²) in [5.41, 5.74) is 4.55. The number of piperidine rings is 1. The predicted molar refractivity (Wildman–Crippen MR) is 112 cm³/mol. The van der Waals surface area contributed by atoms with Crippen molar-refractivity contribution < 1.29 is 31.1 Å². The minimum Gasteiger partial charge on any atom is -0.382 e.